The van der Waals surface area contributed by atoms with Crippen LogP contribution in [0.4, 0.5) is 5.95 Å². The maximum atomic E-state index is 12.7. The Kier molecular flexibility index (Phi) is 3.96. The molecule has 7 heteroatoms. The average Bonchev–Trinajstić information content (AvgIpc) is 3.22. The van der Waals surface area contributed by atoms with Gasteiger partial charge in [0.15, 0.2) is 5.69 Å². The maximum Gasteiger partial charge on any atom is 0.280 e. The second-order valence-corrected chi connectivity index (χ2v) is 5.88. The number of carbonyl (C=O) groups is 1. The fraction of sp³-hybridized carbons (Fsp3) is 0.158. The van der Waals surface area contributed by atoms with Gasteiger partial charge in [-0.2, -0.15) is 9.90 Å². The number of hydrogen-bond donors (Lipinski definition) is 1. The van der Waals surface area contributed by atoms with E-state index in [0.717, 1.165) is 16.7 Å². The molecule has 0 atom stereocenters. The Bertz CT molecular complexity index is 1080. The molecular weight excluding hydrogens is 328 g/mol. The van der Waals surface area contributed by atoms with Gasteiger partial charge in [-0.1, -0.05) is 30.3 Å². The van der Waals surface area contributed by atoms with Crippen molar-refractivity contribution in [2.24, 2.45) is 0 Å². The molecule has 2 aromatic carbocycles. The molecule has 0 fully saturated rings. The van der Waals surface area contributed by atoms with Gasteiger partial charge in [-0.3, -0.25) is 10.1 Å². The first-order valence-corrected chi connectivity index (χ1v) is 8.43. The maximum absolute atomic E-state index is 12.7. The van der Waals surface area contributed by atoms with Crippen molar-refractivity contribution in [3.05, 3.63) is 66.0 Å². The highest BCUT2D eigenvalue weighted by Gasteiger charge is 2.19. The predicted molar refractivity (Wildman–Crippen MR) is 99.5 cm³/mol. The molecule has 0 saturated carbocycles. The van der Waals surface area contributed by atoms with Crippen LogP contribution in [0, 0.1) is 6.92 Å². The number of fused-ring (bicyclic) bond motifs is 1. The zero-order valence-electron chi connectivity index (χ0n) is 14.5. The van der Waals surface area contributed by atoms with Gasteiger partial charge in [0.2, 0.25) is 5.95 Å². The number of carbonyl (C=O) groups excluding carboxylic acids is 1. The molecule has 0 radical (unpaired) electrons. The Balaban J connectivity index is 1.66. The third-order valence-electron chi connectivity index (χ3n) is 4.18. The van der Waals surface area contributed by atoms with Crippen LogP contribution in [0.15, 0.2) is 54.6 Å². The minimum Gasteiger partial charge on any atom is -0.310 e. The fourth-order valence-corrected chi connectivity index (χ4v) is 2.92. The van der Waals surface area contributed by atoms with Crippen LogP contribution >= 0.6 is 0 Å². The summed E-state index contributed by atoms with van der Waals surface area (Å²) in [5, 5.41) is 11.6. The van der Waals surface area contributed by atoms with E-state index < -0.39 is 0 Å². The molecule has 4 rings (SSSR count). The first kappa shape index (κ1) is 16.0. The van der Waals surface area contributed by atoms with Gasteiger partial charge in [-0.05, 0) is 38.1 Å². The second kappa shape index (κ2) is 6.44. The molecule has 0 bridgehead atoms. The van der Waals surface area contributed by atoms with Crippen molar-refractivity contribution in [1.82, 2.24) is 24.5 Å². The van der Waals surface area contributed by atoms with Crippen molar-refractivity contribution in [1.29, 1.82) is 0 Å². The van der Waals surface area contributed by atoms with Crippen LogP contribution in [0.5, 0.6) is 0 Å². The van der Waals surface area contributed by atoms with E-state index >= 15 is 0 Å². The summed E-state index contributed by atoms with van der Waals surface area (Å²) in [6, 6.07) is 17.3. The van der Waals surface area contributed by atoms with E-state index in [-0.39, 0.29) is 11.6 Å². The molecule has 2 aromatic heterocycles. The van der Waals surface area contributed by atoms with Gasteiger partial charge in [0.1, 0.15) is 0 Å². The molecule has 0 aliphatic rings. The number of rotatable bonds is 4. The first-order chi connectivity index (χ1) is 12.7. The monoisotopic (exact) mass is 346 g/mol. The van der Waals surface area contributed by atoms with Gasteiger partial charge in [-0.25, -0.2) is 4.98 Å². The summed E-state index contributed by atoms with van der Waals surface area (Å²) in [7, 11) is 0. The summed E-state index contributed by atoms with van der Waals surface area (Å²) in [4.78, 5) is 18.7. The van der Waals surface area contributed by atoms with E-state index in [9.17, 15) is 4.79 Å². The Morgan fingerprint density at radius 2 is 1.77 bits per heavy atom. The summed E-state index contributed by atoms with van der Waals surface area (Å²) in [6.07, 6.45) is 0. The van der Waals surface area contributed by atoms with E-state index in [4.69, 9.17) is 0 Å². The number of nitrogens with zero attached hydrogens (tertiary/aromatic N) is 5. The van der Waals surface area contributed by atoms with Gasteiger partial charge in [0.25, 0.3) is 5.91 Å². The van der Waals surface area contributed by atoms with E-state index in [2.05, 4.69) is 20.5 Å². The number of anilines is 1. The Morgan fingerprint density at radius 3 is 2.54 bits per heavy atom. The van der Waals surface area contributed by atoms with Crippen LogP contribution in [0.2, 0.25) is 0 Å². The standard InChI is InChI=1S/C19H18N6O/c1-3-24-16-12-8-7-11-15(16)20-19(24)21-18(26)17-13(2)22-25(23-17)14-9-5-4-6-10-14/h4-12H,3H2,1-2H3,(H,20,21,26). The van der Waals surface area contributed by atoms with Crippen LogP contribution in [0.1, 0.15) is 23.1 Å². The quantitative estimate of drug-likeness (QED) is 0.615. The molecule has 26 heavy (non-hydrogen) atoms. The van der Waals surface area contributed by atoms with Gasteiger partial charge in [0, 0.05) is 6.54 Å². The molecule has 7 nitrogen and oxygen atoms in total. The van der Waals surface area contributed by atoms with Gasteiger partial charge >= 0.3 is 0 Å². The third kappa shape index (κ3) is 2.73. The smallest absolute Gasteiger partial charge is 0.280 e. The normalized spacial score (nSPS) is 11.0. The van der Waals surface area contributed by atoms with Gasteiger partial charge < -0.3 is 4.57 Å². The largest absolute Gasteiger partial charge is 0.310 e. The fourth-order valence-electron chi connectivity index (χ4n) is 2.92. The van der Waals surface area contributed by atoms with Crippen LogP contribution < -0.4 is 5.32 Å². The molecule has 4 aromatic rings. The molecular formula is C19H18N6O. The lowest BCUT2D eigenvalue weighted by Gasteiger charge is -2.06. The van der Waals surface area contributed by atoms with Gasteiger partial charge in [-0.15, -0.1) is 5.10 Å². The zero-order chi connectivity index (χ0) is 18.1. The van der Waals surface area contributed by atoms with Crippen molar-refractivity contribution in [3.8, 4) is 5.69 Å². The number of aromatic nitrogens is 5. The molecule has 1 amide bonds. The molecule has 1 N–H and O–H groups in total. The van der Waals surface area contributed by atoms with Crippen LogP contribution in [-0.2, 0) is 6.54 Å². The number of benzene rings is 2. The summed E-state index contributed by atoms with van der Waals surface area (Å²) >= 11 is 0. The Hall–Kier alpha value is -3.48. The molecule has 130 valence electrons. The Morgan fingerprint density at radius 1 is 1.04 bits per heavy atom. The molecule has 0 aliphatic heterocycles. The van der Waals surface area contributed by atoms with Crippen molar-refractivity contribution in [2.75, 3.05) is 5.32 Å². The topological polar surface area (TPSA) is 77.6 Å². The summed E-state index contributed by atoms with van der Waals surface area (Å²) in [5.74, 6) is 0.182. The lowest BCUT2D eigenvalue weighted by atomic mass is 10.3. The second-order valence-electron chi connectivity index (χ2n) is 5.88. The van der Waals surface area contributed by atoms with Crippen LogP contribution in [0.3, 0.4) is 0 Å². The van der Waals surface area contributed by atoms with Gasteiger partial charge in [0.05, 0.1) is 22.4 Å². The molecule has 0 saturated heterocycles. The number of nitrogens with one attached hydrogen (secondary N) is 1. The SMILES string of the molecule is CCn1c(NC(=O)c2nn(-c3ccccc3)nc2C)nc2ccccc21. The van der Waals surface area contributed by atoms with Crippen LogP contribution in [0.25, 0.3) is 16.7 Å². The van der Waals surface area contributed by atoms with Crippen molar-refractivity contribution >= 4 is 22.9 Å². The zero-order valence-corrected chi connectivity index (χ0v) is 14.5. The lowest BCUT2D eigenvalue weighted by molar-refractivity contribution is 0.102. The number of para-hydroxylation sites is 3. The molecule has 0 spiro atoms. The van der Waals surface area contributed by atoms with E-state index in [0.29, 0.717) is 18.2 Å². The molecule has 2 heterocycles. The highest BCUT2D eigenvalue weighted by Crippen LogP contribution is 2.20. The molecule has 0 unspecified atom stereocenters. The number of amides is 1. The van der Waals surface area contributed by atoms with E-state index in [1.54, 1.807) is 6.92 Å². The Labute approximate surface area is 150 Å². The summed E-state index contributed by atoms with van der Waals surface area (Å²) in [6.45, 7) is 4.48. The highest BCUT2D eigenvalue weighted by molar-refractivity contribution is 6.03. The number of imidazole rings is 1. The molecule has 0 aliphatic carbocycles. The van der Waals surface area contributed by atoms with Crippen molar-refractivity contribution in [2.45, 2.75) is 20.4 Å². The minimum absolute atomic E-state index is 0.281. The van der Waals surface area contributed by atoms with E-state index in [1.807, 2.05) is 66.1 Å². The number of hydrogen-bond acceptors (Lipinski definition) is 4. The van der Waals surface area contributed by atoms with Crippen molar-refractivity contribution < 1.29 is 4.79 Å². The van der Waals surface area contributed by atoms with Crippen LogP contribution in [-0.4, -0.2) is 30.5 Å². The van der Waals surface area contributed by atoms with Crippen molar-refractivity contribution in [3.63, 3.8) is 0 Å². The summed E-state index contributed by atoms with van der Waals surface area (Å²) in [5.41, 5.74) is 3.47. The first-order valence-electron chi connectivity index (χ1n) is 8.43. The number of aryl methyl sites for hydroxylation is 2. The van der Waals surface area contributed by atoms with E-state index in [1.165, 1.54) is 4.80 Å². The predicted octanol–water partition coefficient (Wildman–Crippen LogP) is 3.20. The average molecular weight is 346 g/mol. The minimum atomic E-state index is -0.324. The summed E-state index contributed by atoms with van der Waals surface area (Å²) < 4.78 is 1.96. The third-order valence-corrected chi connectivity index (χ3v) is 4.18. The highest BCUT2D eigenvalue weighted by atomic mass is 16.2. The lowest BCUT2D eigenvalue weighted by Crippen LogP contribution is -2.17.